The molecular weight excluding hydrogens is 390 g/mol. The van der Waals surface area contributed by atoms with E-state index in [1.54, 1.807) is 19.2 Å². The third-order valence-corrected chi connectivity index (χ3v) is 4.92. The van der Waals surface area contributed by atoms with Gasteiger partial charge in [-0.05, 0) is 0 Å². The van der Waals surface area contributed by atoms with Crippen LogP contribution in [0.4, 0.5) is 0 Å². The maximum atomic E-state index is 12.2. The number of nitrogens with zero attached hydrogens (tertiary/aromatic N) is 2. The fraction of sp³-hybridized carbons (Fsp3) is 0.190. The van der Waals surface area contributed by atoms with Gasteiger partial charge < -0.3 is 14.2 Å². The second-order valence-electron chi connectivity index (χ2n) is 5.91. The molecule has 1 aromatic heterocycles. The summed E-state index contributed by atoms with van der Waals surface area (Å²) in [7, 11) is 4.64. The molecule has 2 aromatic carbocycles. The highest BCUT2D eigenvalue weighted by Gasteiger charge is 2.12. The average molecular weight is 411 g/mol. The normalized spacial score (nSPS) is 10.7. The zero-order chi connectivity index (χ0) is 20.6. The Morgan fingerprint density at radius 1 is 1.10 bits per heavy atom. The smallest absolute Gasteiger partial charge is 0.246 e. The monoisotopic (exact) mass is 411 g/mol. The number of hydrogen-bond acceptors (Lipinski definition) is 7. The van der Waals surface area contributed by atoms with Gasteiger partial charge in [-0.15, -0.1) is 11.3 Å². The largest absolute Gasteiger partial charge is 0.496 e. The molecule has 0 aliphatic rings. The van der Waals surface area contributed by atoms with E-state index in [9.17, 15) is 4.79 Å². The summed E-state index contributed by atoms with van der Waals surface area (Å²) in [6, 6.07) is 13.3. The van der Waals surface area contributed by atoms with Gasteiger partial charge in [0.2, 0.25) is 5.91 Å². The van der Waals surface area contributed by atoms with Crippen LogP contribution >= 0.6 is 11.3 Å². The lowest BCUT2D eigenvalue weighted by atomic mass is 10.2. The maximum absolute atomic E-state index is 12.2. The van der Waals surface area contributed by atoms with Gasteiger partial charge in [0.15, 0.2) is 0 Å². The number of hydrogen-bond donors (Lipinski definition) is 1. The Labute approximate surface area is 173 Å². The van der Waals surface area contributed by atoms with Crippen molar-refractivity contribution in [1.82, 2.24) is 10.4 Å². The lowest BCUT2D eigenvalue weighted by Gasteiger charge is -2.12. The standard InChI is InChI=1S/C21H21N3O4S/c1-26-15-9-18(27-2)16(19(10-15)28-3)12-22-24-20(25)11-21-23-17(13-29-21)14-7-5-4-6-8-14/h4-10,12-13H,11H2,1-3H3,(H,24,25)/b22-12-. The third kappa shape index (κ3) is 5.11. The number of aromatic nitrogens is 1. The van der Waals surface area contributed by atoms with E-state index in [4.69, 9.17) is 14.2 Å². The second-order valence-corrected chi connectivity index (χ2v) is 6.85. The van der Waals surface area contributed by atoms with E-state index < -0.39 is 0 Å². The van der Waals surface area contributed by atoms with Crippen molar-refractivity contribution < 1.29 is 19.0 Å². The highest BCUT2D eigenvalue weighted by atomic mass is 32.1. The SMILES string of the molecule is COc1cc(OC)c(/C=N\NC(=O)Cc2nc(-c3ccccc3)cs2)c(OC)c1. The molecule has 0 aliphatic heterocycles. The first-order chi connectivity index (χ1) is 14.1. The van der Waals surface area contributed by atoms with Crippen LogP contribution in [0, 0.1) is 0 Å². The molecule has 0 bridgehead atoms. The van der Waals surface area contributed by atoms with Gasteiger partial charge in [0, 0.05) is 23.1 Å². The summed E-state index contributed by atoms with van der Waals surface area (Å²) >= 11 is 1.44. The van der Waals surface area contributed by atoms with Crippen molar-refractivity contribution >= 4 is 23.5 Å². The minimum Gasteiger partial charge on any atom is -0.496 e. The van der Waals surface area contributed by atoms with Crippen LogP contribution < -0.4 is 19.6 Å². The van der Waals surface area contributed by atoms with Crippen molar-refractivity contribution in [2.45, 2.75) is 6.42 Å². The van der Waals surface area contributed by atoms with E-state index >= 15 is 0 Å². The van der Waals surface area contributed by atoms with Crippen LogP contribution in [0.5, 0.6) is 17.2 Å². The Morgan fingerprint density at radius 3 is 2.41 bits per heavy atom. The van der Waals surface area contributed by atoms with Crippen molar-refractivity contribution in [1.29, 1.82) is 0 Å². The summed E-state index contributed by atoms with van der Waals surface area (Å²) in [5.74, 6) is 1.37. The molecule has 1 amide bonds. The Bertz CT molecular complexity index is 977. The number of carbonyl (C=O) groups is 1. The summed E-state index contributed by atoms with van der Waals surface area (Å²) < 4.78 is 15.9. The topological polar surface area (TPSA) is 82.0 Å². The lowest BCUT2D eigenvalue weighted by molar-refractivity contribution is -0.120. The number of thiazole rings is 1. The maximum Gasteiger partial charge on any atom is 0.246 e. The number of nitrogens with one attached hydrogen (secondary N) is 1. The fourth-order valence-electron chi connectivity index (χ4n) is 2.64. The number of ether oxygens (including phenoxy) is 3. The second kappa shape index (κ2) is 9.70. The zero-order valence-corrected chi connectivity index (χ0v) is 17.2. The van der Waals surface area contributed by atoms with E-state index in [-0.39, 0.29) is 12.3 Å². The van der Waals surface area contributed by atoms with Crippen molar-refractivity contribution in [2.75, 3.05) is 21.3 Å². The molecule has 29 heavy (non-hydrogen) atoms. The molecule has 7 nitrogen and oxygen atoms in total. The number of benzene rings is 2. The van der Waals surface area contributed by atoms with Crippen LogP contribution in [-0.2, 0) is 11.2 Å². The molecule has 1 N–H and O–H groups in total. The van der Waals surface area contributed by atoms with E-state index in [0.29, 0.717) is 22.8 Å². The summed E-state index contributed by atoms with van der Waals surface area (Å²) in [4.78, 5) is 16.7. The zero-order valence-electron chi connectivity index (χ0n) is 16.3. The van der Waals surface area contributed by atoms with Gasteiger partial charge in [-0.2, -0.15) is 5.10 Å². The molecule has 1 heterocycles. The first-order valence-electron chi connectivity index (χ1n) is 8.76. The minimum absolute atomic E-state index is 0.145. The van der Waals surface area contributed by atoms with E-state index in [1.165, 1.54) is 31.8 Å². The van der Waals surface area contributed by atoms with Crippen molar-refractivity contribution in [3.05, 3.63) is 58.4 Å². The molecule has 0 aliphatic carbocycles. The Kier molecular flexibility index (Phi) is 6.80. The Balaban J connectivity index is 1.65. The van der Waals surface area contributed by atoms with Crippen molar-refractivity contribution in [2.24, 2.45) is 5.10 Å². The molecule has 0 saturated carbocycles. The number of hydrazone groups is 1. The molecule has 0 unspecified atom stereocenters. The molecule has 3 rings (SSSR count). The van der Waals surface area contributed by atoms with E-state index in [1.807, 2.05) is 35.7 Å². The predicted molar refractivity (Wildman–Crippen MR) is 113 cm³/mol. The van der Waals surface area contributed by atoms with Gasteiger partial charge in [0.25, 0.3) is 0 Å². The summed E-state index contributed by atoms with van der Waals surface area (Å²) in [6.07, 6.45) is 1.62. The molecule has 150 valence electrons. The molecule has 0 spiro atoms. The van der Waals surface area contributed by atoms with Crippen LogP contribution in [0.2, 0.25) is 0 Å². The van der Waals surface area contributed by atoms with Crippen molar-refractivity contribution in [3.8, 4) is 28.5 Å². The quantitative estimate of drug-likeness (QED) is 0.453. The first kappa shape index (κ1) is 20.3. The summed E-state index contributed by atoms with van der Waals surface area (Å²) in [6.45, 7) is 0. The minimum atomic E-state index is -0.262. The summed E-state index contributed by atoms with van der Waals surface area (Å²) in [5, 5.41) is 6.68. The molecule has 3 aromatic rings. The third-order valence-electron chi connectivity index (χ3n) is 4.07. The molecule has 0 radical (unpaired) electrons. The van der Waals surface area contributed by atoms with Gasteiger partial charge in [-0.3, -0.25) is 4.79 Å². The number of rotatable bonds is 8. The van der Waals surface area contributed by atoms with Gasteiger partial charge in [-0.25, -0.2) is 10.4 Å². The van der Waals surface area contributed by atoms with Crippen molar-refractivity contribution in [3.63, 3.8) is 0 Å². The van der Waals surface area contributed by atoms with Crippen LogP contribution in [0.3, 0.4) is 0 Å². The Hall–Kier alpha value is -3.39. The van der Waals surface area contributed by atoms with Gasteiger partial charge in [0.05, 0.1) is 45.2 Å². The number of amides is 1. The molecule has 0 saturated heterocycles. The molecule has 8 heteroatoms. The van der Waals surface area contributed by atoms with Crippen LogP contribution in [0.15, 0.2) is 52.9 Å². The number of carbonyl (C=O) groups excluding carboxylic acids is 1. The fourth-order valence-corrected chi connectivity index (χ4v) is 3.44. The predicted octanol–water partition coefficient (Wildman–Crippen LogP) is 3.53. The summed E-state index contributed by atoms with van der Waals surface area (Å²) in [5.41, 5.74) is 4.99. The average Bonchev–Trinajstić information content (AvgIpc) is 3.22. The van der Waals surface area contributed by atoms with Gasteiger partial charge in [0.1, 0.15) is 22.3 Å². The van der Waals surface area contributed by atoms with E-state index in [2.05, 4.69) is 15.5 Å². The van der Waals surface area contributed by atoms with Crippen LogP contribution in [-0.4, -0.2) is 38.4 Å². The van der Waals surface area contributed by atoms with E-state index in [0.717, 1.165) is 16.3 Å². The molecule has 0 atom stereocenters. The molecular formula is C21H21N3O4S. The van der Waals surface area contributed by atoms with Crippen LogP contribution in [0.1, 0.15) is 10.6 Å². The first-order valence-corrected chi connectivity index (χ1v) is 9.64. The lowest BCUT2D eigenvalue weighted by Crippen LogP contribution is -2.19. The van der Waals surface area contributed by atoms with Crippen LogP contribution in [0.25, 0.3) is 11.3 Å². The highest BCUT2D eigenvalue weighted by Crippen LogP contribution is 2.32. The van der Waals surface area contributed by atoms with Gasteiger partial charge in [-0.1, -0.05) is 30.3 Å². The Morgan fingerprint density at radius 2 is 1.79 bits per heavy atom. The molecule has 0 fully saturated rings. The van der Waals surface area contributed by atoms with Gasteiger partial charge >= 0.3 is 0 Å². The highest BCUT2D eigenvalue weighted by molar-refractivity contribution is 7.10. The number of methoxy groups -OCH3 is 3.